The van der Waals surface area contributed by atoms with Gasteiger partial charge in [0.15, 0.2) is 6.61 Å². The van der Waals surface area contributed by atoms with Crippen LogP contribution in [0.1, 0.15) is 24.1 Å². The molecule has 1 unspecified atom stereocenters. The molecule has 6 heteroatoms. The minimum atomic E-state index is -0.128. The van der Waals surface area contributed by atoms with Gasteiger partial charge in [0, 0.05) is 19.6 Å². The van der Waals surface area contributed by atoms with Crippen LogP contribution in [-0.4, -0.2) is 57.4 Å². The molecule has 1 amide bonds. The van der Waals surface area contributed by atoms with Crippen molar-refractivity contribution in [1.82, 2.24) is 10.2 Å². The summed E-state index contributed by atoms with van der Waals surface area (Å²) in [5.41, 5.74) is 2.39. The van der Waals surface area contributed by atoms with Crippen LogP contribution in [0.3, 0.4) is 0 Å². The van der Waals surface area contributed by atoms with Crippen LogP contribution in [0.2, 0.25) is 0 Å². The minimum Gasteiger partial charge on any atom is -0.497 e. The number of nitrogens with one attached hydrogen (secondary N) is 1. The highest BCUT2D eigenvalue weighted by atomic mass is 16.5. The Morgan fingerprint density at radius 2 is 1.72 bits per heavy atom. The number of aryl methyl sites for hydroxylation is 1. The van der Waals surface area contributed by atoms with Crippen LogP contribution in [-0.2, 0) is 16.0 Å². The molecule has 1 heterocycles. The molecule has 6 nitrogen and oxygen atoms in total. The third kappa shape index (κ3) is 6.21. The molecule has 0 radical (unpaired) electrons. The largest absolute Gasteiger partial charge is 0.497 e. The van der Waals surface area contributed by atoms with Gasteiger partial charge in [0.25, 0.3) is 5.91 Å². The first-order valence-electron chi connectivity index (χ1n) is 10.1. The van der Waals surface area contributed by atoms with Gasteiger partial charge < -0.3 is 19.5 Å². The van der Waals surface area contributed by atoms with E-state index in [1.54, 1.807) is 7.11 Å². The fourth-order valence-electron chi connectivity index (χ4n) is 3.40. The van der Waals surface area contributed by atoms with Gasteiger partial charge in [0.05, 0.1) is 26.4 Å². The predicted molar refractivity (Wildman–Crippen MR) is 112 cm³/mol. The van der Waals surface area contributed by atoms with E-state index in [-0.39, 0.29) is 18.6 Å². The Hall–Kier alpha value is -2.57. The van der Waals surface area contributed by atoms with E-state index in [9.17, 15) is 4.79 Å². The summed E-state index contributed by atoms with van der Waals surface area (Å²) in [7, 11) is 1.66. The van der Waals surface area contributed by atoms with Gasteiger partial charge in [-0.25, -0.2) is 0 Å². The van der Waals surface area contributed by atoms with Crippen molar-refractivity contribution < 1.29 is 19.0 Å². The quantitative estimate of drug-likeness (QED) is 0.704. The predicted octanol–water partition coefficient (Wildman–Crippen LogP) is 2.83. The minimum absolute atomic E-state index is 0.00388. The van der Waals surface area contributed by atoms with Gasteiger partial charge in [-0.05, 0) is 41.8 Å². The second kappa shape index (κ2) is 10.8. The van der Waals surface area contributed by atoms with E-state index in [0.29, 0.717) is 25.5 Å². The second-order valence-corrected chi connectivity index (χ2v) is 7.03. The summed E-state index contributed by atoms with van der Waals surface area (Å²) in [6.45, 7) is 5.72. The van der Waals surface area contributed by atoms with Gasteiger partial charge in [-0.1, -0.05) is 31.2 Å². The first-order chi connectivity index (χ1) is 14.2. The van der Waals surface area contributed by atoms with Crippen LogP contribution in [0.5, 0.6) is 11.5 Å². The van der Waals surface area contributed by atoms with Gasteiger partial charge in [0.2, 0.25) is 0 Å². The Morgan fingerprint density at radius 1 is 1.07 bits per heavy atom. The topological polar surface area (TPSA) is 60.0 Å². The van der Waals surface area contributed by atoms with E-state index < -0.39 is 0 Å². The van der Waals surface area contributed by atoms with Gasteiger partial charge >= 0.3 is 0 Å². The Bertz CT molecular complexity index is 755. The van der Waals surface area contributed by atoms with Gasteiger partial charge in [-0.2, -0.15) is 0 Å². The summed E-state index contributed by atoms with van der Waals surface area (Å²) in [4.78, 5) is 14.7. The molecule has 1 N–H and O–H groups in total. The first-order valence-corrected chi connectivity index (χ1v) is 10.1. The number of morpholine rings is 1. The van der Waals surface area contributed by atoms with Crippen molar-refractivity contribution in [3.05, 3.63) is 59.7 Å². The number of benzene rings is 2. The van der Waals surface area contributed by atoms with Crippen molar-refractivity contribution in [2.45, 2.75) is 19.4 Å². The molecule has 2 aromatic rings. The lowest BCUT2D eigenvalue weighted by molar-refractivity contribution is -0.123. The summed E-state index contributed by atoms with van der Waals surface area (Å²) < 4.78 is 16.4. The number of hydrogen-bond acceptors (Lipinski definition) is 5. The molecule has 3 rings (SSSR count). The lowest BCUT2D eigenvalue weighted by Gasteiger charge is -2.35. The molecule has 1 aliphatic heterocycles. The summed E-state index contributed by atoms with van der Waals surface area (Å²) in [6, 6.07) is 15.9. The maximum Gasteiger partial charge on any atom is 0.258 e. The van der Waals surface area contributed by atoms with Crippen LogP contribution >= 0.6 is 0 Å². The maximum absolute atomic E-state index is 12.4. The van der Waals surface area contributed by atoms with Crippen molar-refractivity contribution in [1.29, 1.82) is 0 Å². The molecule has 0 aromatic heterocycles. The Kier molecular flexibility index (Phi) is 7.90. The molecule has 0 saturated carbocycles. The van der Waals surface area contributed by atoms with Crippen LogP contribution in [0.25, 0.3) is 0 Å². The Morgan fingerprint density at radius 3 is 2.34 bits per heavy atom. The fourth-order valence-corrected chi connectivity index (χ4v) is 3.40. The van der Waals surface area contributed by atoms with Crippen molar-refractivity contribution in [2.24, 2.45) is 0 Å². The number of nitrogens with zero attached hydrogens (tertiary/aromatic N) is 1. The normalized spacial score (nSPS) is 15.5. The Balaban J connectivity index is 1.56. The molecule has 0 spiro atoms. The van der Waals surface area contributed by atoms with Crippen molar-refractivity contribution >= 4 is 5.91 Å². The second-order valence-electron chi connectivity index (χ2n) is 7.03. The zero-order chi connectivity index (χ0) is 20.5. The molecule has 1 fully saturated rings. The molecule has 0 aliphatic carbocycles. The van der Waals surface area contributed by atoms with Crippen molar-refractivity contribution in [3.8, 4) is 11.5 Å². The number of carbonyl (C=O) groups excluding carboxylic acids is 1. The average molecular weight is 399 g/mol. The van der Waals surface area contributed by atoms with E-state index in [2.05, 4.69) is 29.3 Å². The van der Waals surface area contributed by atoms with Crippen LogP contribution in [0.15, 0.2) is 48.5 Å². The standard InChI is InChI=1S/C23H30N2O4/c1-3-18-4-8-21(9-5-18)29-17-23(26)24-16-22(25-12-14-28-15-13-25)19-6-10-20(27-2)11-7-19/h4-11,22H,3,12-17H2,1-2H3,(H,24,26). The van der Waals surface area contributed by atoms with E-state index in [1.165, 1.54) is 5.56 Å². The molecular formula is C23H30N2O4. The molecule has 1 saturated heterocycles. The number of methoxy groups -OCH3 is 1. The third-order valence-corrected chi connectivity index (χ3v) is 5.18. The molecular weight excluding hydrogens is 368 g/mol. The molecule has 156 valence electrons. The number of amides is 1. The monoisotopic (exact) mass is 398 g/mol. The summed E-state index contributed by atoms with van der Waals surface area (Å²) in [5.74, 6) is 1.40. The highest BCUT2D eigenvalue weighted by Gasteiger charge is 2.23. The third-order valence-electron chi connectivity index (χ3n) is 5.18. The van der Waals surface area contributed by atoms with E-state index in [4.69, 9.17) is 14.2 Å². The molecule has 29 heavy (non-hydrogen) atoms. The van der Waals surface area contributed by atoms with E-state index in [1.807, 2.05) is 36.4 Å². The zero-order valence-corrected chi connectivity index (χ0v) is 17.2. The summed E-state index contributed by atoms with van der Waals surface area (Å²) >= 11 is 0. The molecule has 2 aromatic carbocycles. The summed E-state index contributed by atoms with van der Waals surface area (Å²) in [6.07, 6.45) is 0.981. The zero-order valence-electron chi connectivity index (χ0n) is 17.2. The molecule has 1 aliphatic rings. The lowest BCUT2D eigenvalue weighted by Crippen LogP contribution is -2.44. The number of ether oxygens (including phenoxy) is 3. The number of rotatable bonds is 9. The van der Waals surface area contributed by atoms with Crippen LogP contribution < -0.4 is 14.8 Å². The number of carbonyl (C=O) groups is 1. The van der Waals surface area contributed by atoms with Crippen molar-refractivity contribution in [2.75, 3.05) is 46.6 Å². The molecule has 1 atom stereocenters. The number of hydrogen-bond donors (Lipinski definition) is 1. The van der Waals surface area contributed by atoms with Gasteiger partial charge in [-0.3, -0.25) is 9.69 Å². The molecule has 0 bridgehead atoms. The SMILES string of the molecule is CCc1ccc(OCC(=O)NCC(c2ccc(OC)cc2)N2CCOCC2)cc1. The van der Waals surface area contributed by atoms with E-state index >= 15 is 0 Å². The maximum atomic E-state index is 12.4. The van der Waals surface area contributed by atoms with Crippen molar-refractivity contribution in [3.63, 3.8) is 0 Å². The smallest absolute Gasteiger partial charge is 0.258 e. The van der Waals surface area contributed by atoms with Crippen LogP contribution in [0.4, 0.5) is 0 Å². The van der Waals surface area contributed by atoms with Gasteiger partial charge in [-0.15, -0.1) is 0 Å². The highest BCUT2D eigenvalue weighted by Crippen LogP contribution is 2.23. The first kappa shape index (κ1) is 21.1. The van der Waals surface area contributed by atoms with Gasteiger partial charge in [0.1, 0.15) is 11.5 Å². The van der Waals surface area contributed by atoms with E-state index in [0.717, 1.165) is 30.8 Å². The fraction of sp³-hybridized carbons (Fsp3) is 0.435. The Labute approximate surface area is 172 Å². The average Bonchev–Trinajstić information content (AvgIpc) is 2.79. The highest BCUT2D eigenvalue weighted by molar-refractivity contribution is 5.77. The van der Waals surface area contributed by atoms with Crippen LogP contribution in [0, 0.1) is 0 Å². The lowest BCUT2D eigenvalue weighted by atomic mass is 10.0. The summed E-state index contributed by atoms with van der Waals surface area (Å²) in [5, 5.41) is 3.02.